The number of nitrogens with one attached hydrogen (secondary N) is 1. The van der Waals surface area contributed by atoms with Gasteiger partial charge in [0.2, 0.25) is 0 Å². The first-order chi connectivity index (χ1) is 10.3. The maximum Gasteiger partial charge on any atom is 0.182 e. The van der Waals surface area contributed by atoms with Crippen molar-refractivity contribution in [1.82, 2.24) is 4.98 Å². The summed E-state index contributed by atoms with van der Waals surface area (Å²) in [6.07, 6.45) is 6.62. The van der Waals surface area contributed by atoms with Crippen LogP contribution in [0, 0.1) is 0 Å². The standard InChI is InChI=1S/C17H24N2OS/c1-3-5-6-14-7-9-15(10-8-14)20-13-16-12-19-17(21-16)18-11-4-2/h7-10,12H,3-6,11,13H2,1-2H3,(H,18,19). The predicted octanol–water partition coefficient (Wildman–Crippen LogP) is 4.89. The van der Waals surface area contributed by atoms with E-state index >= 15 is 0 Å². The van der Waals surface area contributed by atoms with Gasteiger partial charge in [0.15, 0.2) is 5.13 Å². The minimum Gasteiger partial charge on any atom is -0.488 e. The molecule has 0 amide bonds. The maximum absolute atomic E-state index is 5.81. The average Bonchev–Trinajstić information content (AvgIpc) is 2.98. The largest absolute Gasteiger partial charge is 0.488 e. The van der Waals surface area contributed by atoms with Crippen molar-refractivity contribution in [3.8, 4) is 5.75 Å². The lowest BCUT2D eigenvalue weighted by Crippen LogP contribution is -1.97. The summed E-state index contributed by atoms with van der Waals surface area (Å²) < 4.78 is 5.81. The number of unbranched alkanes of at least 4 members (excludes halogenated alkanes) is 1. The van der Waals surface area contributed by atoms with Crippen LogP contribution in [0.5, 0.6) is 5.75 Å². The minimum absolute atomic E-state index is 0.583. The van der Waals surface area contributed by atoms with Crippen molar-refractivity contribution in [3.05, 3.63) is 40.9 Å². The fourth-order valence-corrected chi connectivity index (χ4v) is 2.73. The maximum atomic E-state index is 5.81. The van der Waals surface area contributed by atoms with E-state index in [0.29, 0.717) is 6.61 Å². The number of hydrogen-bond acceptors (Lipinski definition) is 4. The summed E-state index contributed by atoms with van der Waals surface area (Å²) in [5.41, 5.74) is 1.38. The molecule has 2 rings (SSSR count). The fraction of sp³-hybridized carbons (Fsp3) is 0.471. The highest BCUT2D eigenvalue weighted by molar-refractivity contribution is 7.15. The monoisotopic (exact) mass is 304 g/mol. The molecule has 0 saturated carbocycles. The molecule has 3 nitrogen and oxygen atoms in total. The summed E-state index contributed by atoms with van der Waals surface area (Å²) in [5, 5.41) is 4.27. The number of aryl methyl sites for hydroxylation is 1. The van der Waals surface area contributed by atoms with Crippen LogP contribution >= 0.6 is 11.3 Å². The second kappa shape index (κ2) is 8.67. The van der Waals surface area contributed by atoms with Gasteiger partial charge in [0.05, 0.1) is 4.88 Å². The van der Waals surface area contributed by atoms with Gasteiger partial charge in [0, 0.05) is 12.7 Å². The molecule has 0 saturated heterocycles. The van der Waals surface area contributed by atoms with Crippen LogP contribution < -0.4 is 10.1 Å². The predicted molar refractivity (Wildman–Crippen MR) is 90.3 cm³/mol. The summed E-state index contributed by atoms with van der Waals surface area (Å²) in [4.78, 5) is 5.48. The zero-order valence-corrected chi connectivity index (χ0v) is 13.7. The van der Waals surface area contributed by atoms with Gasteiger partial charge in [-0.1, -0.05) is 43.7 Å². The molecule has 0 unspecified atom stereocenters. The molecular formula is C17H24N2OS. The molecule has 0 aliphatic rings. The first-order valence-electron chi connectivity index (χ1n) is 7.72. The Morgan fingerprint density at radius 2 is 1.95 bits per heavy atom. The summed E-state index contributed by atoms with van der Waals surface area (Å²) in [6, 6.07) is 8.43. The number of aromatic nitrogens is 1. The zero-order chi connectivity index (χ0) is 14.9. The van der Waals surface area contributed by atoms with E-state index in [2.05, 4.69) is 48.4 Å². The van der Waals surface area contributed by atoms with E-state index in [9.17, 15) is 0 Å². The molecule has 2 aromatic rings. The quantitative estimate of drug-likeness (QED) is 0.716. The Morgan fingerprint density at radius 3 is 2.67 bits per heavy atom. The second-order valence-corrected chi connectivity index (χ2v) is 6.21. The third-order valence-electron chi connectivity index (χ3n) is 3.20. The molecule has 0 aliphatic heterocycles. The van der Waals surface area contributed by atoms with E-state index in [1.165, 1.54) is 18.4 Å². The van der Waals surface area contributed by atoms with E-state index in [4.69, 9.17) is 4.74 Å². The van der Waals surface area contributed by atoms with Gasteiger partial charge in [-0.15, -0.1) is 0 Å². The average molecular weight is 304 g/mol. The van der Waals surface area contributed by atoms with Gasteiger partial charge in [0.25, 0.3) is 0 Å². The van der Waals surface area contributed by atoms with Gasteiger partial charge >= 0.3 is 0 Å². The molecule has 0 bridgehead atoms. The molecule has 0 fully saturated rings. The minimum atomic E-state index is 0.583. The highest BCUT2D eigenvalue weighted by Gasteiger charge is 2.02. The highest BCUT2D eigenvalue weighted by Crippen LogP contribution is 2.21. The molecule has 0 aliphatic carbocycles. The lowest BCUT2D eigenvalue weighted by atomic mass is 10.1. The van der Waals surface area contributed by atoms with Gasteiger partial charge in [-0.25, -0.2) is 4.98 Å². The van der Waals surface area contributed by atoms with Crippen LogP contribution in [-0.4, -0.2) is 11.5 Å². The number of thiazole rings is 1. The first-order valence-corrected chi connectivity index (χ1v) is 8.53. The highest BCUT2D eigenvalue weighted by atomic mass is 32.1. The van der Waals surface area contributed by atoms with E-state index in [1.807, 2.05) is 6.20 Å². The van der Waals surface area contributed by atoms with Crippen LogP contribution in [0.25, 0.3) is 0 Å². The molecule has 0 spiro atoms. The Labute approximate surface area is 131 Å². The van der Waals surface area contributed by atoms with Crippen molar-refractivity contribution in [2.45, 2.75) is 46.1 Å². The van der Waals surface area contributed by atoms with Gasteiger partial charge in [-0.05, 0) is 37.0 Å². The zero-order valence-electron chi connectivity index (χ0n) is 12.9. The summed E-state index contributed by atoms with van der Waals surface area (Å²) >= 11 is 1.66. The van der Waals surface area contributed by atoms with Crippen LogP contribution in [-0.2, 0) is 13.0 Å². The Bertz CT molecular complexity index is 522. The molecule has 114 valence electrons. The van der Waals surface area contributed by atoms with Gasteiger partial charge in [-0.2, -0.15) is 0 Å². The van der Waals surface area contributed by atoms with Crippen LogP contribution in [0.1, 0.15) is 43.6 Å². The smallest absolute Gasteiger partial charge is 0.182 e. The summed E-state index contributed by atoms with van der Waals surface area (Å²) in [5.74, 6) is 0.923. The molecular weight excluding hydrogens is 280 g/mol. The molecule has 1 aromatic carbocycles. The molecule has 1 N–H and O–H groups in total. The van der Waals surface area contributed by atoms with E-state index in [-0.39, 0.29) is 0 Å². The Morgan fingerprint density at radius 1 is 1.14 bits per heavy atom. The van der Waals surface area contributed by atoms with Crippen molar-refractivity contribution in [2.24, 2.45) is 0 Å². The van der Waals surface area contributed by atoms with Crippen molar-refractivity contribution in [2.75, 3.05) is 11.9 Å². The van der Waals surface area contributed by atoms with Crippen molar-refractivity contribution in [3.63, 3.8) is 0 Å². The van der Waals surface area contributed by atoms with Gasteiger partial charge < -0.3 is 10.1 Å². The number of ether oxygens (including phenoxy) is 1. The van der Waals surface area contributed by atoms with Crippen LogP contribution in [0.2, 0.25) is 0 Å². The third-order valence-corrected chi connectivity index (χ3v) is 4.13. The molecule has 0 radical (unpaired) electrons. The summed E-state index contributed by atoms with van der Waals surface area (Å²) in [6.45, 7) is 5.91. The Hall–Kier alpha value is -1.55. The Balaban J connectivity index is 1.80. The van der Waals surface area contributed by atoms with Crippen molar-refractivity contribution in [1.29, 1.82) is 0 Å². The van der Waals surface area contributed by atoms with Crippen LogP contribution in [0.15, 0.2) is 30.5 Å². The molecule has 4 heteroatoms. The number of benzene rings is 1. The third kappa shape index (κ3) is 5.38. The number of hydrogen-bond donors (Lipinski definition) is 1. The fourth-order valence-electron chi connectivity index (χ4n) is 1.98. The van der Waals surface area contributed by atoms with Crippen molar-refractivity contribution < 1.29 is 4.74 Å². The lowest BCUT2D eigenvalue weighted by molar-refractivity contribution is 0.309. The summed E-state index contributed by atoms with van der Waals surface area (Å²) in [7, 11) is 0. The second-order valence-electron chi connectivity index (χ2n) is 5.09. The van der Waals surface area contributed by atoms with E-state index < -0.39 is 0 Å². The topological polar surface area (TPSA) is 34.1 Å². The van der Waals surface area contributed by atoms with E-state index in [1.54, 1.807) is 11.3 Å². The number of nitrogens with zero attached hydrogens (tertiary/aromatic N) is 1. The molecule has 0 atom stereocenters. The van der Waals surface area contributed by atoms with Gasteiger partial charge in [0.1, 0.15) is 12.4 Å². The molecule has 1 aromatic heterocycles. The normalized spacial score (nSPS) is 10.6. The molecule has 1 heterocycles. The Kier molecular flexibility index (Phi) is 6.54. The number of anilines is 1. The van der Waals surface area contributed by atoms with Crippen LogP contribution in [0.4, 0.5) is 5.13 Å². The SMILES string of the molecule is CCCCc1ccc(OCc2cnc(NCCC)s2)cc1. The number of rotatable bonds is 9. The first kappa shape index (κ1) is 15.8. The van der Waals surface area contributed by atoms with Crippen LogP contribution in [0.3, 0.4) is 0 Å². The lowest BCUT2D eigenvalue weighted by Gasteiger charge is -2.05. The van der Waals surface area contributed by atoms with Crippen molar-refractivity contribution >= 4 is 16.5 Å². The van der Waals surface area contributed by atoms with Gasteiger partial charge in [-0.3, -0.25) is 0 Å². The van der Waals surface area contributed by atoms with E-state index in [0.717, 1.165) is 35.1 Å². The molecule has 21 heavy (non-hydrogen) atoms.